The number of rotatable bonds is 6. The van der Waals surface area contributed by atoms with Crippen molar-refractivity contribution in [3.8, 4) is 0 Å². The minimum Gasteiger partial charge on any atom is -0.381 e. The van der Waals surface area contributed by atoms with Crippen molar-refractivity contribution < 1.29 is 14.3 Å². The average Bonchev–Trinajstić information content (AvgIpc) is 2.59. The van der Waals surface area contributed by atoms with E-state index < -0.39 is 0 Å². The van der Waals surface area contributed by atoms with Crippen molar-refractivity contribution in [2.45, 2.75) is 18.3 Å². The summed E-state index contributed by atoms with van der Waals surface area (Å²) in [5, 5.41) is 6.05. The van der Waals surface area contributed by atoms with Gasteiger partial charge in [-0.15, -0.1) is 0 Å². The van der Waals surface area contributed by atoms with E-state index in [4.69, 9.17) is 22.1 Å². The molecule has 1 fully saturated rings. The highest BCUT2D eigenvalue weighted by atomic mass is 35.5. The van der Waals surface area contributed by atoms with Crippen molar-refractivity contribution in [2.24, 2.45) is 5.73 Å². The smallest absolute Gasteiger partial charge is 0.239 e. The minimum atomic E-state index is -0.348. The van der Waals surface area contributed by atoms with Gasteiger partial charge >= 0.3 is 0 Å². The number of carbonyl (C=O) groups is 2. The highest BCUT2D eigenvalue weighted by molar-refractivity contribution is 6.30. The summed E-state index contributed by atoms with van der Waals surface area (Å²) < 4.78 is 5.46. The standard InChI is InChI=1S/C16H22ClN3O3/c17-13-3-1-12(2-4-13)16(5-7-23-8-6-16)11-20-15(22)10-19-14(21)9-18/h1-4H,5-11,18H2,(H,19,21)(H,20,22). The van der Waals surface area contributed by atoms with Crippen LogP contribution in [0.3, 0.4) is 0 Å². The molecular weight excluding hydrogens is 318 g/mol. The second-order valence-electron chi connectivity index (χ2n) is 5.66. The third kappa shape index (κ3) is 4.92. The van der Waals surface area contributed by atoms with E-state index in [1.54, 1.807) is 0 Å². The zero-order valence-electron chi connectivity index (χ0n) is 12.9. The number of hydrogen-bond acceptors (Lipinski definition) is 4. The van der Waals surface area contributed by atoms with Gasteiger partial charge in [-0.3, -0.25) is 9.59 Å². The SMILES string of the molecule is NCC(=O)NCC(=O)NCC1(c2ccc(Cl)cc2)CCOCC1. The zero-order valence-corrected chi connectivity index (χ0v) is 13.7. The van der Waals surface area contributed by atoms with Crippen LogP contribution < -0.4 is 16.4 Å². The molecule has 1 aromatic carbocycles. The summed E-state index contributed by atoms with van der Waals surface area (Å²) >= 11 is 5.96. The third-order valence-corrected chi connectivity index (χ3v) is 4.41. The quantitative estimate of drug-likeness (QED) is 0.706. The Morgan fingerprint density at radius 1 is 1.13 bits per heavy atom. The lowest BCUT2D eigenvalue weighted by Crippen LogP contribution is -2.47. The van der Waals surface area contributed by atoms with Gasteiger partial charge in [0, 0.05) is 30.2 Å². The van der Waals surface area contributed by atoms with Crippen LogP contribution in [0.25, 0.3) is 0 Å². The lowest BCUT2D eigenvalue weighted by Gasteiger charge is -2.38. The van der Waals surface area contributed by atoms with Gasteiger partial charge in [-0.2, -0.15) is 0 Å². The van der Waals surface area contributed by atoms with E-state index in [2.05, 4.69) is 10.6 Å². The molecule has 126 valence electrons. The van der Waals surface area contributed by atoms with Crippen molar-refractivity contribution in [1.82, 2.24) is 10.6 Å². The Labute approximate surface area is 140 Å². The van der Waals surface area contributed by atoms with Gasteiger partial charge < -0.3 is 21.1 Å². The maximum atomic E-state index is 11.9. The largest absolute Gasteiger partial charge is 0.381 e. The van der Waals surface area contributed by atoms with Crippen LogP contribution in [-0.2, 0) is 19.7 Å². The van der Waals surface area contributed by atoms with Gasteiger partial charge in [0.25, 0.3) is 0 Å². The van der Waals surface area contributed by atoms with Crippen LogP contribution in [-0.4, -0.2) is 44.7 Å². The Morgan fingerprint density at radius 3 is 2.39 bits per heavy atom. The molecule has 0 radical (unpaired) electrons. The van der Waals surface area contributed by atoms with Crippen LogP contribution in [0.2, 0.25) is 5.02 Å². The minimum absolute atomic E-state index is 0.0662. The summed E-state index contributed by atoms with van der Waals surface area (Å²) in [4.78, 5) is 23.0. The van der Waals surface area contributed by atoms with Gasteiger partial charge in [0.15, 0.2) is 0 Å². The summed E-state index contributed by atoms with van der Waals surface area (Å²) in [5.74, 6) is -0.578. The van der Waals surface area contributed by atoms with E-state index in [0.29, 0.717) is 24.8 Å². The van der Waals surface area contributed by atoms with Gasteiger partial charge in [-0.1, -0.05) is 23.7 Å². The summed E-state index contributed by atoms with van der Waals surface area (Å²) in [6.45, 7) is 1.61. The first-order valence-corrected chi connectivity index (χ1v) is 8.01. The maximum Gasteiger partial charge on any atom is 0.239 e. The highest BCUT2D eigenvalue weighted by Crippen LogP contribution is 2.34. The molecule has 1 aliphatic heterocycles. The van der Waals surface area contributed by atoms with E-state index >= 15 is 0 Å². The maximum absolute atomic E-state index is 11.9. The Kier molecular flexibility index (Phi) is 6.38. The predicted molar refractivity (Wildman–Crippen MR) is 88.3 cm³/mol. The number of benzene rings is 1. The van der Waals surface area contributed by atoms with E-state index in [0.717, 1.165) is 18.4 Å². The number of nitrogens with one attached hydrogen (secondary N) is 2. The topological polar surface area (TPSA) is 93.5 Å². The molecule has 1 aliphatic rings. The Balaban J connectivity index is 2.00. The zero-order chi connectivity index (χ0) is 16.7. The number of carbonyl (C=O) groups excluding carboxylic acids is 2. The molecule has 1 heterocycles. The molecule has 0 spiro atoms. The molecule has 23 heavy (non-hydrogen) atoms. The van der Waals surface area contributed by atoms with Gasteiger partial charge in [-0.25, -0.2) is 0 Å². The van der Waals surface area contributed by atoms with Crippen molar-refractivity contribution in [3.63, 3.8) is 0 Å². The Hall–Kier alpha value is -1.63. The molecule has 0 saturated carbocycles. The highest BCUT2D eigenvalue weighted by Gasteiger charge is 2.34. The number of halogens is 1. The van der Waals surface area contributed by atoms with Crippen LogP contribution in [0.1, 0.15) is 18.4 Å². The second kappa shape index (κ2) is 8.29. The molecule has 6 nitrogen and oxygen atoms in total. The summed E-state index contributed by atoms with van der Waals surface area (Å²) in [6.07, 6.45) is 1.65. The van der Waals surface area contributed by atoms with E-state index in [1.807, 2.05) is 24.3 Å². The van der Waals surface area contributed by atoms with Crippen LogP contribution in [0.5, 0.6) is 0 Å². The van der Waals surface area contributed by atoms with Gasteiger partial charge in [0.05, 0.1) is 13.1 Å². The van der Waals surface area contributed by atoms with Crippen molar-refractivity contribution in [1.29, 1.82) is 0 Å². The lowest BCUT2D eigenvalue weighted by atomic mass is 9.74. The molecule has 0 unspecified atom stereocenters. The fourth-order valence-electron chi connectivity index (χ4n) is 2.71. The molecule has 1 aromatic rings. The molecule has 4 N–H and O–H groups in total. The molecule has 0 aromatic heterocycles. The van der Waals surface area contributed by atoms with E-state index in [9.17, 15) is 9.59 Å². The summed E-state index contributed by atoms with van der Waals surface area (Å²) in [6, 6.07) is 7.71. The van der Waals surface area contributed by atoms with Crippen molar-refractivity contribution >= 4 is 23.4 Å². The Morgan fingerprint density at radius 2 is 1.78 bits per heavy atom. The first-order chi connectivity index (χ1) is 11.1. The second-order valence-corrected chi connectivity index (χ2v) is 6.09. The molecule has 2 amide bonds. The van der Waals surface area contributed by atoms with Gasteiger partial charge in [0.2, 0.25) is 11.8 Å². The Bertz CT molecular complexity index is 542. The van der Waals surface area contributed by atoms with Crippen LogP contribution >= 0.6 is 11.6 Å². The molecule has 7 heteroatoms. The van der Waals surface area contributed by atoms with Gasteiger partial charge in [0.1, 0.15) is 0 Å². The number of hydrogen-bond donors (Lipinski definition) is 3. The molecule has 1 saturated heterocycles. The molecule has 2 rings (SSSR count). The summed E-state index contributed by atoms with van der Waals surface area (Å²) in [5.41, 5.74) is 6.16. The van der Waals surface area contributed by atoms with Crippen molar-refractivity contribution in [2.75, 3.05) is 32.8 Å². The van der Waals surface area contributed by atoms with Crippen molar-refractivity contribution in [3.05, 3.63) is 34.9 Å². The monoisotopic (exact) mass is 339 g/mol. The number of ether oxygens (including phenoxy) is 1. The normalized spacial score (nSPS) is 16.6. The number of nitrogens with two attached hydrogens (primary N) is 1. The molecule has 0 aliphatic carbocycles. The van der Waals surface area contributed by atoms with E-state index in [1.165, 1.54) is 0 Å². The predicted octanol–water partition coefficient (Wildman–Crippen LogP) is 0.579. The van der Waals surface area contributed by atoms with Crippen LogP contribution in [0, 0.1) is 0 Å². The van der Waals surface area contributed by atoms with Crippen LogP contribution in [0.4, 0.5) is 0 Å². The fourth-order valence-corrected chi connectivity index (χ4v) is 2.84. The molecule has 0 atom stereocenters. The molecular formula is C16H22ClN3O3. The first-order valence-electron chi connectivity index (χ1n) is 7.63. The lowest BCUT2D eigenvalue weighted by molar-refractivity contribution is -0.125. The summed E-state index contributed by atoms with van der Waals surface area (Å²) in [7, 11) is 0. The van der Waals surface area contributed by atoms with Crippen LogP contribution in [0.15, 0.2) is 24.3 Å². The van der Waals surface area contributed by atoms with Gasteiger partial charge in [-0.05, 0) is 30.5 Å². The first kappa shape index (κ1) is 17.7. The molecule has 0 bridgehead atoms. The average molecular weight is 340 g/mol. The third-order valence-electron chi connectivity index (χ3n) is 4.16. The van der Waals surface area contributed by atoms with E-state index in [-0.39, 0.29) is 30.3 Å². The fraction of sp³-hybridized carbons (Fsp3) is 0.500. The number of amides is 2.